The molecule has 6 heteroatoms. The molecule has 1 aromatic carbocycles. The first-order chi connectivity index (χ1) is 11.4. The van der Waals surface area contributed by atoms with E-state index in [0.717, 1.165) is 10.4 Å². The monoisotopic (exact) mass is 352 g/mol. The molecule has 0 unspecified atom stereocenters. The van der Waals surface area contributed by atoms with Gasteiger partial charge in [-0.1, -0.05) is 41.9 Å². The minimum atomic E-state index is -2.56. The summed E-state index contributed by atoms with van der Waals surface area (Å²) in [4.78, 5) is 13.6. The molecule has 3 rings (SSSR count). The molecule has 1 heterocycles. The van der Waals surface area contributed by atoms with Crippen molar-refractivity contribution in [1.82, 2.24) is 3.96 Å². The lowest BCUT2D eigenvalue weighted by molar-refractivity contribution is -0.0360. The highest BCUT2D eigenvalue weighted by Gasteiger charge is 2.35. The SMILES string of the molecule is CC(C)n1sc(-c2ccccc2)c(NC2CCC(F)(F)CC2)c1=O. The van der Waals surface area contributed by atoms with Crippen molar-refractivity contribution in [3.8, 4) is 10.4 Å². The largest absolute Gasteiger partial charge is 0.377 e. The van der Waals surface area contributed by atoms with Crippen molar-refractivity contribution in [3.05, 3.63) is 40.7 Å². The maximum atomic E-state index is 13.4. The Morgan fingerprint density at radius 3 is 2.42 bits per heavy atom. The van der Waals surface area contributed by atoms with Crippen LogP contribution in [-0.2, 0) is 0 Å². The minimum absolute atomic E-state index is 0.0637. The molecular weight excluding hydrogens is 330 g/mol. The first-order valence-corrected chi connectivity index (χ1v) is 9.10. The summed E-state index contributed by atoms with van der Waals surface area (Å²) < 4.78 is 28.5. The van der Waals surface area contributed by atoms with Crippen LogP contribution in [0.2, 0.25) is 0 Å². The molecule has 1 aromatic heterocycles. The number of hydrogen-bond acceptors (Lipinski definition) is 3. The van der Waals surface area contributed by atoms with Gasteiger partial charge in [-0.3, -0.25) is 8.75 Å². The molecule has 24 heavy (non-hydrogen) atoms. The topological polar surface area (TPSA) is 34.0 Å². The van der Waals surface area contributed by atoms with Crippen LogP contribution in [-0.4, -0.2) is 15.9 Å². The van der Waals surface area contributed by atoms with E-state index in [4.69, 9.17) is 0 Å². The second-order valence-electron chi connectivity index (χ2n) is 6.66. The van der Waals surface area contributed by atoms with E-state index in [1.165, 1.54) is 11.5 Å². The second-order valence-corrected chi connectivity index (χ2v) is 7.64. The van der Waals surface area contributed by atoms with Gasteiger partial charge >= 0.3 is 0 Å². The first kappa shape index (κ1) is 17.1. The summed E-state index contributed by atoms with van der Waals surface area (Å²) in [7, 11) is 0. The number of halogens is 2. The van der Waals surface area contributed by atoms with E-state index in [-0.39, 0.29) is 30.5 Å². The maximum absolute atomic E-state index is 13.4. The molecule has 0 amide bonds. The van der Waals surface area contributed by atoms with Crippen LogP contribution in [0.3, 0.4) is 0 Å². The summed E-state index contributed by atoms with van der Waals surface area (Å²) in [5.74, 6) is -2.56. The summed E-state index contributed by atoms with van der Waals surface area (Å²) in [6, 6.07) is 9.73. The van der Waals surface area contributed by atoms with Crippen molar-refractivity contribution in [2.75, 3.05) is 5.32 Å². The fourth-order valence-corrected chi connectivity index (χ4v) is 4.10. The lowest BCUT2D eigenvalue weighted by Crippen LogP contribution is -2.33. The van der Waals surface area contributed by atoms with Crippen LogP contribution in [0.1, 0.15) is 45.6 Å². The number of benzene rings is 1. The van der Waals surface area contributed by atoms with Crippen molar-refractivity contribution < 1.29 is 8.78 Å². The zero-order valence-electron chi connectivity index (χ0n) is 13.9. The highest BCUT2D eigenvalue weighted by molar-refractivity contribution is 7.11. The average molecular weight is 352 g/mol. The third kappa shape index (κ3) is 3.53. The Kier molecular flexibility index (Phi) is 4.76. The van der Waals surface area contributed by atoms with Crippen molar-refractivity contribution >= 4 is 17.2 Å². The summed E-state index contributed by atoms with van der Waals surface area (Å²) >= 11 is 1.43. The number of anilines is 1. The van der Waals surface area contributed by atoms with Gasteiger partial charge in [0.1, 0.15) is 5.69 Å². The average Bonchev–Trinajstić information content (AvgIpc) is 2.87. The Morgan fingerprint density at radius 1 is 1.21 bits per heavy atom. The van der Waals surface area contributed by atoms with Crippen molar-refractivity contribution in [3.63, 3.8) is 0 Å². The quantitative estimate of drug-likeness (QED) is 0.826. The van der Waals surface area contributed by atoms with Gasteiger partial charge in [0.25, 0.3) is 5.56 Å². The third-order valence-corrected chi connectivity index (χ3v) is 5.81. The van der Waals surface area contributed by atoms with Gasteiger partial charge < -0.3 is 5.32 Å². The lowest BCUT2D eigenvalue weighted by atomic mass is 9.92. The number of hydrogen-bond donors (Lipinski definition) is 1. The minimum Gasteiger partial charge on any atom is -0.377 e. The van der Waals surface area contributed by atoms with E-state index in [2.05, 4.69) is 5.32 Å². The molecule has 0 aliphatic heterocycles. The Bertz CT molecular complexity index is 742. The van der Waals surface area contributed by atoms with E-state index < -0.39 is 5.92 Å². The van der Waals surface area contributed by atoms with Gasteiger partial charge in [-0.2, -0.15) is 0 Å². The first-order valence-electron chi connectivity index (χ1n) is 8.33. The summed E-state index contributed by atoms with van der Waals surface area (Å²) in [5, 5.41) is 3.27. The van der Waals surface area contributed by atoms with E-state index >= 15 is 0 Å². The highest BCUT2D eigenvalue weighted by Crippen LogP contribution is 2.37. The third-order valence-electron chi connectivity index (χ3n) is 4.40. The van der Waals surface area contributed by atoms with Gasteiger partial charge in [0.15, 0.2) is 0 Å². The number of rotatable bonds is 4. The zero-order chi connectivity index (χ0) is 17.3. The Labute approximate surface area is 144 Å². The summed E-state index contributed by atoms with van der Waals surface area (Å²) in [6.07, 6.45) is 0.540. The summed E-state index contributed by atoms with van der Waals surface area (Å²) in [5.41, 5.74) is 1.46. The molecule has 0 atom stereocenters. The van der Waals surface area contributed by atoms with Crippen LogP contribution in [0.5, 0.6) is 0 Å². The highest BCUT2D eigenvalue weighted by atomic mass is 32.1. The number of nitrogens with zero attached hydrogens (tertiary/aromatic N) is 1. The van der Waals surface area contributed by atoms with Crippen LogP contribution in [0.15, 0.2) is 35.1 Å². The molecule has 1 saturated carbocycles. The van der Waals surface area contributed by atoms with Gasteiger partial charge in [0, 0.05) is 24.9 Å². The Morgan fingerprint density at radius 2 is 1.83 bits per heavy atom. The summed E-state index contributed by atoms with van der Waals surface area (Å²) in [6.45, 7) is 3.94. The molecule has 0 radical (unpaired) electrons. The smallest absolute Gasteiger partial charge is 0.284 e. The molecule has 2 aromatic rings. The Hall–Kier alpha value is -1.69. The molecule has 130 valence electrons. The van der Waals surface area contributed by atoms with E-state index in [1.807, 2.05) is 44.2 Å². The molecule has 3 nitrogen and oxygen atoms in total. The van der Waals surface area contributed by atoms with E-state index in [0.29, 0.717) is 18.5 Å². The number of nitrogens with one attached hydrogen (secondary N) is 1. The molecule has 1 fully saturated rings. The predicted octanol–water partition coefficient (Wildman–Crippen LogP) is 5.15. The normalized spacial score (nSPS) is 18.0. The van der Waals surface area contributed by atoms with Gasteiger partial charge in [-0.15, -0.1) is 0 Å². The van der Waals surface area contributed by atoms with Gasteiger partial charge in [0.05, 0.1) is 4.88 Å². The van der Waals surface area contributed by atoms with Crippen LogP contribution < -0.4 is 10.9 Å². The Balaban J connectivity index is 1.93. The fourth-order valence-electron chi connectivity index (χ4n) is 3.04. The van der Waals surface area contributed by atoms with Crippen LogP contribution in [0.25, 0.3) is 10.4 Å². The second kappa shape index (κ2) is 6.67. The maximum Gasteiger partial charge on any atom is 0.284 e. The van der Waals surface area contributed by atoms with Crippen LogP contribution >= 0.6 is 11.5 Å². The van der Waals surface area contributed by atoms with E-state index in [1.54, 1.807) is 3.96 Å². The number of alkyl halides is 2. The van der Waals surface area contributed by atoms with Crippen molar-refractivity contribution in [2.24, 2.45) is 0 Å². The fraction of sp³-hybridized carbons (Fsp3) is 0.500. The number of aromatic nitrogens is 1. The lowest BCUT2D eigenvalue weighted by Gasteiger charge is -2.29. The molecule has 1 aliphatic rings. The molecular formula is C18H22F2N2OS. The van der Waals surface area contributed by atoms with E-state index in [9.17, 15) is 13.6 Å². The molecule has 0 saturated heterocycles. The zero-order valence-corrected chi connectivity index (χ0v) is 14.7. The molecule has 0 bridgehead atoms. The van der Waals surface area contributed by atoms with Crippen LogP contribution in [0, 0.1) is 0 Å². The molecule has 1 N–H and O–H groups in total. The standard InChI is InChI=1S/C18H22F2N2OS/c1-12(2)22-17(23)15(16(24-22)13-6-4-3-5-7-13)21-14-8-10-18(19,20)11-9-14/h3-7,12,14,21H,8-11H2,1-2H3. The van der Waals surface area contributed by atoms with Crippen molar-refractivity contribution in [1.29, 1.82) is 0 Å². The van der Waals surface area contributed by atoms with Gasteiger partial charge in [-0.05, 0) is 32.3 Å². The van der Waals surface area contributed by atoms with Crippen LogP contribution in [0.4, 0.5) is 14.5 Å². The van der Waals surface area contributed by atoms with Gasteiger partial charge in [-0.25, -0.2) is 8.78 Å². The van der Waals surface area contributed by atoms with Gasteiger partial charge in [0.2, 0.25) is 5.92 Å². The molecule has 1 aliphatic carbocycles. The predicted molar refractivity (Wildman–Crippen MR) is 95.2 cm³/mol. The van der Waals surface area contributed by atoms with Crippen molar-refractivity contribution in [2.45, 2.75) is 57.5 Å². The molecule has 0 spiro atoms.